The van der Waals surface area contributed by atoms with Crippen molar-refractivity contribution in [2.75, 3.05) is 5.32 Å². The Hall–Kier alpha value is -2.84. The minimum Gasteiger partial charge on any atom is -0.356 e. The van der Waals surface area contributed by atoms with Crippen LogP contribution in [0.2, 0.25) is 0 Å². The highest BCUT2D eigenvalue weighted by Crippen LogP contribution is 2.49. The van der Waals surface area contributed by atoms with Gasteiger partial charge < -0.3 is 5.32 Å². The predicted octanol–water partition coefficient (Wildman–Crippen LogP) is 8.17. The molecule has 29 heavy (non-hydrogen) atoms. The van der Waals surface area contributed by atoms with Gasteiger partial charge in [-0.3, -0.25) is 0 Å². The molecule has 0 radical (unpaired) electrons. The number of hydrogen-bond acceptors (Lipinski definition) is 1. The van der Waals surface area contributed by atoms with Crippen molar-refractivity contribution in [2.45, 2.75) is 19.3 Å². The summed E-state index contributed by atoms with van der Waals surface area (Å²) in [4.78, 5) is 0. The number of rotatable bonds is 3. The number of benzene rings is 4. The smallest absolute Gasteiger partial charge is 0.0384 e. The van der Waals surface area contributed by atoms with Gasteiger partial charge in [-0.2, -0.15) is 0 Å². The molecule has 0 saturated heterocycles. The van der Waals surface area contributed by atoms with Crippen LogP contribution in [-0.4, -0.2) is 0 Å². The Kier molecular flexibility index (Phi) is 4.33. The number of nitrogens with one attached hydrogen (secondary N) is 1. The first-order chi connectivity index (χ1) is 14.0. The molecule has 0 amide bonds. The first-order valence-corrected chi connectivity index (χ1v) is 10.7. The Morgan fingerprint density at radius 2 is 1.21 bits per heavy atom. The lowest BCUT2D eigenvalue weighted by atomic mass is 9.81. The minimum absolute atomic E-state index is 0.0328. The second-order valence-corrected chi connectivity index (χ2v) is 9.06. The van der Waals surface area contributed by atoms with Crippen molar-refractivity contribution in [3.05, 3.63) is 107 Å². The molecule has 1 aliphatic carbocycles. The Balaban J connectivity index is 1.45. The maximum absolute atomic E-state index is 3.48. The van der Waals surface area contributed by atoms with Gasteiger partial charge in [0.1, 0.15) is 0 Å². The van der Waals surface area contributed by atoms with Crippen LogP contribution in [0.4, 0.5) is 11.4 Å². The normalized spacial score (nSPS) is 13.6. The molecule has 0 unspecified atom stereocenters. The average molecular weight is 440 g/mol. The summed E-state index contributed by atoms with van der Waals surface area (Å²) < 4.78 is 1.08. The van der Waals surface area contributed by atoms with E-state index in [1.54, 1.807) is 0 Å². The zero-order chi connectivity index (χ0) is 20.0. The van der Waals surface area contributed by atoms with E-state index in [1.807, 2.05) is 12.1 Å². The number of halogens is 1. The summed E-state index contributed by atoms with van der Waals surface area (Å²) in [6.45, 7) is 4.65. The van der Waals surface area contributed by atoms with Crippen molar-refractivity contribution in [2.24, 2.45) is 0 Å². The Morgan fingerprint density at radius 1 is 0.621 bits per heavy atom. The maximum atomic E-state index is 3.48. The molecule has 0 heterocycles. The van der Waals surface area contributed by atoms with E-state index in [4.69, 9.17) is 0 Å². The molecule has 1 nitrogen and oxygen atoms in total. The van der Waals surface area contributed by atoms with Gasteiger partial charge in [0, 0.05) is 21.3 Å². The summed E-state index contributed by atoms with van der Waals surface area (Å²) in [5.41, 5.74) is 10.3. The molecule has 0 bridgehead atoms. The second-order valence-electron chi connectivity index (χ2n) is 8.14. The van der Waals surface area contributed by atoms with Crippen LogP contribution in [0.25, 0.3) is 22.3 Å². The zero-order valence-electron chi connectivity index (χ0n) is 16.5. The zero-order valence-corrected chi connectivity index (χ0v) is 18.1. The third kappa shape index (κ3) is 3.18. The highest BCUT2D eigenvalue weighted by Gasteiger charge is 2.35. The quantitative estimate of drug-likeness (QED) is 0.339. The summed E-state index contributed by atoms with van der Waals surface area (Å²) >= 11 is 3.48. The van der Waals surface area contributed by atoms with Gasteiger partial charge in [-0.15, -0.1) is 0 Å². The number of fused-ring (bicyclic) bond motifs is 3. The van der Waals surface area contributed by atoms with Crippen LogP contribution in [-0.2, 0) is 5.41 Å². The summed E-state index contributed by atoms with van der Waals surface area (Å²) in [6.07, 6.45) is 0. The lowest BCUT2D eigenvalue weighted by Gasteiger charge is -2.22. The Bertz CT molecular complexity index is 1190. The van der Waals surface area contributed by atoms with Crippen LogP contribution >= 0.6 is 15.9 Å². The molecule has 1 aliphatic rings. The highest BCUT2D eigenvalue weighted by molar-refractivity contribution is 9.10. The molecule has 0 atom stereocenters. The van der Waals surface area contributed by atoms with Crippen LogP contribution < -0.4 is 5.32 Å². The standard InChI is InChI=1S/C27H22BrN/c1-27(2)25-6-4-3-5-23(25)24-16-9-19(17-26(24)27)18-7-12-21(13-8-18)29-22-14-10-20(28)11-15-22/h3-17,29H,1-2H3. The molecule has 0 aliphatic heterocycles. The number of anilines is 2. The summed E-state index contributed by atoms with van der Waals surface area (Å²) in [7, 11) is 0. The molecule has 1 N–H and O–H groups in total. The van der Waals surface area contributed by atoms with Crippen molar-refractivity contribution in [1.82, 2.24) is 0 Å². The molecule has 0 spiro atoms. The van der Waals surface area contributed by atoms with E-state index >= 15 is 0 Å². The number of hydrogen-bond donors (Lipinski definition) is 1. The monoisotopic (exact) mass is 439 g/mol. The first-order valence-electron chi connectivity index (χ1n) is 9.90. The summed E-state index contributed by atoms with van der Waals surface area (Å²) in [6, 6.07) is 32.6. The van der Waals surface area contributed by atoms with Crippen LogP contribution in [0.5, 0.6) is 0 Å². The fourth-order valence-electron chi connectivity index (χ4n) is 4.33. The lowest BCUT2D eigenvalue weighted by Crippen LogP contribution is -2.14. The third-order valence-electron chi connectivity index (χ3n) is 5.93. The molecule has 4 aromatic carbocycles. The summed E-state index contributed by atoms with van der Waals surface area (Å²) in [5.74, 6) is 0. The molecule has 4 aromatic rings. The Labute approximate surface area is 180 Å². The van der Waals surface area contributed by atoms with E-state index in [2.05, 4.69) is 114 Å². The molecule has 5 rings (SSSR count). The fraction of sp³-hybridized carbons (Fsp3) is 0.111. The molecular weight excluding hydrogens is 418 g/mol. The van der Waals surface area contributed by atoms with E-state index in [-0.39, 0.29) is 5.41 Å². The van der Waals surface area contributed by atoms with Gasteiger partial charge in [-0.25, -0.2) is 0 Å². The van der Waals surface area contributed by atoms with E-state index in [9.17, 15) is 0 Å². The highest BCUT2D eigenvalue weighted by atomic mass is 79.9. The van der Waals surface area contributed by atoms with E-state index in [1.165, 1.54) is 33.4 Å². The molecule has 0 fully saturated rings. The van der Waals surface area contributed by atoms with Gasteiger partial charge in [0.05, 0.1) is 0 Å². The second kappa shape index (κ2) is 6.89. The van der Waals surface area contributed by atoms with Crippen LogP contribution in [0, 0.1) is 0 Å². The molecular formula is C27H22BrN. The molecule has 0 aromatic heterocycles. The van der Waals surface area contributed by atoms with Crippen molar-refractivity contribution in [3.63, 3.8) is 0 Å². The van der Waals surface area contributed by atoms with E-state index in [0.717, 1.165) is 15.8 Å². The maximum Gasteiger partial charge on any atom is 0.0384 e. The molecule has 0 saturated carbocycles. The topological polar surface area (TPSA) is 12.0 Å². The minimum atomic E-state index is 0.0328. The van der Waals surface area contributed by atoms with Gasteiger partial charge >= 0.3 is 0 Å². The van der Waals surface area contributed by atoms with Gasteiger partial charge in [-0.1, -0.05) is 78.3 Å². The van der Waals surface area contributed by atoms with Crippen molar-refractivity contribution < 1.29 is 0 Å². The van der Waals surface area contributed by atoms with Gasteiger partial charge in [0.15, 0.2) is 0 Å². The average Bonchev–Trinajstić information content (AvgIpc) is 2.97. The van der Waals surface area contributed by atoms with Gasteiger partial charge in [-0.05, 0) is 75.8 Å². The van der Waals surface area contributed by atoms with Crippen LogP contribution in [0.15, 0.2) is 95.5 Å². The summed E-state index contributed by atoms with van der Waals surface area (Å²) in [5, 5.41) is 3.46. The van der Waals surface area contributed by atoms with Gasteiger partial charge in [0.25, 0.3) is 0 Å². The van der Waals surface area contributed by atoms with Crippen molar-refractivity contribution >= 4 is 27.3 Å². The van der Waals surface area contributed by atoms with E-state index in [0.29, 0.717) is 0 Å². The molecule has 142 valence electrons. The largest absolute Gasteiger partial charge is 0.356 e. The van der Waals surface area contributed by atoms with Crippen LogP contribution in [0.3, 0.4) is 0 Å². The van der Waals surface area contributed by atoms with Crippen LogP contribution in [0.1, 0.15) is 25.0 Å². The Morgan fingerprint density at radius 3 is 1.93 bits per heavy atom. The lowest BCUT2D eigenvalue weighted by molar-refractivity contribution is 0.660. The van der Waals surface area contributed by atoms with Crippen molar-refractivity contribution in [3.8, 4) is 22.3 Å². The first kappa shape index (κ1) is 18.2. The van der Waals surface area contributed by atoms with Gasteiger partial charge in [0.2, 0.25) is 0 Å². The SMILES string of the molecule is CC1(C)c2ccccc2-c2ccc(-c3ccc(Nc4ccc(Br)cc4)cc3)cc21. The molecule has 2 heteroatoms. The fourth-order valence-corrected chi connectivity index (χ4v) is 4.59. The third-order valence-corrected chi connectivity index (χ3v) is 6.46. The van der Waals surface area contributed by atoms with Crippen molar-refractivity contribution in [1.29, 1.82) is 0 Å². The van der Waals surface area contributed by atoms with E-state index < -0.39 is 0 Å². The predicted molar refractivity (Wildman–Crippen MR) is 127 cm³/mol.